The summed E-state index contributed by atoms with van der Waals surface area (Å²) in [5.41, 5.74) is 6.86. The molecule has 0 saturated carbocycles. The van der Waals surface area contributed by atoms with E-state index in [4.69, 9.17) is 28.9 Å². The van der Waals surface area contributed by atoms with Gasteiger partial charge in [-0.15, -0.1) is 0 Å². The van der Waals surface area contributed by atoms with Gasteiger partial charge in [-0.1, -0.05) is 23.2 Å². The second-order valence-corrected chi connectivity index (χ2v) is 3.57. The van der Waals surface area contributed by atoms with Crippen LogP contribution in [0.2, 0.25) is 10.2 Å². The van der Waals surface area contributed by atoms with Gasteiger partial charge in [0, 0.05) is 5.02 Å². The minimum atomic E-state index is 0.410. The van der Waals surface area contributed by atoms with Gasteiger partial charge < -0.3 is 5.73 Å². The number of nitrogens with two attached hydrogens (primary N) is 1. The maximum Gasteiger partial charge on any atom is 0.155 e. The summed E-state index contributed by atoms with van der Waals surface area (Å²) >= 11 is 11.7. The van der Waals surface area contributed by atoms with Crippen LogP contribution in [-0.4, -0.2) is 9.78 Å². The Kier molecular flexibility index (Phi) is 2.35. The second-order valence-electron chi connectivity index (χ2n) is 2.78. The van der Waals surface area contributed by atoms with Crippen molar-refractivity contribution < 1.29 is 0 Å². The van der Waals surface area contributed by atoms with Crippen molar-refractivity contribution in [2.45, 2.75) is 0 Å². The summed E-state index contributed by atoms with van der Waals surface area (Å²) in [7, 11) is 0. The van der Waals surface area contributed by atoms with E-state index in [0.29, 0.717) is 15.9 Å². The average Bonchev–Trinajstić information content (AvgIpc) is 2.50. The van der Waals surface area contributed by atoms with Crippen molar-refractivity contribution in [1.82, 2.24) is 9.78 Å². The van der Waals surface area contributed by atoms with Gasteiger partial charge in [0.25, 0.3) is 0 Å². The lowest BCUT2D eigenvalue weighted by atomic mass is 10.3. The van der Waals surface area contributed by atoms with Crippen molar-refractivity contribution in [1.29, 1.82) is 0 Å². The number of halogens is 2. The minimum absolute atomic E-state index is 0.410. The quantitative estimate of drug-likeness (QED) is 0.815. The fraction of sp³-hybridized carbons (Fsp3) is 0. The molecular formula is C9H7Cl2N3. The fourth-order valence-electron chi connectivity index (χ4n) is 1.11. The molecule has 1 heterocycles. The Morgan fingerprint density at radius 3 is 2.29 bits per heavy atom. The Bertz CT molecular complexity index is 448. The first kappa shape index (κ1) is 9.37. The molecule has 0 aliphatic carbocycles. The third-order valence-corrected chi connectivity index (χ3v) is 2.44. The van der Waals surface area contributed by atoms with Crippen LogP contribution in [0, 0.1) is 0 Å². The van der Waals surface area contributed by atoms with E-state index in [1.807, 2.05) is 12.1 Å². The highest BCUT2D eigenvalue weighted by Crippen LogP contribution is 2.22. The minimum Gasteiger partial charge on any atom is -0.395 e. The predicted molar refractivity (Wildman–Crippen MR) is 58.0 cm³/mol. The molecule has 0 unspecified atom stereocenters. The van der Waals surface area contributed by atoms with E-state index in [1.165, 1.54) is 6.20 Å². The largest absolute Gasteiger partial charge is 0.395 e. The van der Waals surface area contributed by atoms with E-state index >= 15 is 0 Å². The van der Waals surface area contributed by atoms with E-state index in [9.17, 15) is 0 Å². The predicted octanol–water partition coefficient (Wildman–Crippen LogP) is 2.76. The van der Waals surface area contributed by atoms with Gasteiger partial charge in [0.05, 0.1) is 17.6 Å². The van der Waals surface area contributed by atoms with Gasteiger partial charge in [-0.3, -0.25) is 0 Å². The lowest BCUT2D eigenvalue weighted by Crippen LogP contribution is -1.95. The molecule has 72 valence electrons. The first-order valence-electron chi connectivity index (χ1n) is 3.93. The summed E-state index contributed by atoms with van der Waals surface area (Å²) in [5, 5.41) is 5.11. The normalized spacial score (nSPS) is 10.4. The molecule has 0 spiro atoms. The monoisotopic (exact) mass is 227 g/mol. The van der Waals surface area contributed by atoms with Crippen molar-refractivity contribution in [2.75, 3.05) is 5.73 Å². The van der Waals surface area contributed by atoms with Crippen LogP contribution in [0.5, 0.6) is 0 Å². The van der Waals surface area contributed by atoms with Gasteiger partial charge in [0.2, 0.25) is 0 Å². The smallest absolute Gasteiger partial charge is 0.155 e. The second kappa shape index (κ2) is 3.52. The molecule has 3 nitrogen and oxygen atoms in total. The zero-order valence-electron chi connectivity index (χ0n) is 7.11. The van der Waals surface area contributed by atoms with Gasteiger partial charge in [0.1, 0.15) is 0 Å². The van der Waals surface area contributed by atoms with Crippen LogP contribution in [0.4, 0.5) is 5.69 Å². The van der Waals surface area contributed by atoms with E-state index in [1.54, 1.807) is 16.8 Å². The molecule has 0 radical (unpaired) electrons. The maximum absolute atomic E-state index is 5.93. The van der Waals surface area contributed by atoms with Crippen LogP contribution >= 0.6 is 23.2 Å². The van der Waals surface area contributed by atoms with Crippen molar-refractivity contribution >= 4 is 28.9 Å². The molecule has 1 aromatic carbocycles. The topological polar surface area (TPSA) is 43.8 Å². The van der Waals surface area contributed by atoms with E-state index < -0.39 is 0 Å². The molecule has 0 bridgehead atoms. The van der Waals surface area contributed by atoms with Gasteiger partial charge in [-0.05, 0) is 24.3 Å². The molecular weight excluding hydrogens is 221 g/mol. The number of hydrogen-bond donors (Lipinski definition) is 1. The first-order chi connectivity index (χ1) is 6.68. The van der Waals surface area contributed by atoms with Crippen LogP contribution in [0.25, 0.3) is 5.69 Å². The van der Waals surface area contributed by atoms with Gasteiger partial charge in [0.15, 0.2) is 5.15 Å². The molecule has 0 fully saturated rings. The number of hydrogen-bond acceptors (Lipinski definition) is 2. The molecule has 0 aliphatic rings. The number of anilines is 1. The number of rotatable bonds is 1. The average molecular weight is 228 g/mol. The zero-order chi connectivity index (χ0) is 10.1. The van der Waals surface area contributed by atoms with Crippen LogP contribution in [0.1, 0.15) is 0 Å². The van der Waals surface area contributed by atoms with Crippen molar-refractivity contribution in [2.24, 2.45) is 0 Å². The molecule has 0 amide bonds. The van der Waals surface area contributed by atoms with Crippen molar-refractivity contribution in [3.05, 3.63) is 40.6 Å². The van der Waals surface area contributed by atoms with Gasteiger partial charge in [-0.2, -0.15) is 5.10 Å². The third-order valence-electron chi connectivity index (χ3n) is 1.81. The Balaban J connectivity index is 2.49. The molecule has 14 heavy (non-hydrogen) atoms. The first-order valence-corrected chi connectivity index (χ1v) is 4.69. The highest BCUT2D eigenvalue weighted by atomic mass is 35.5. The molecule has 1 aromatic heterocycles. The lowest BCUT2D eigenvalue weighted by Gasteiger charge is -2.02. The van der Waals surface area contributed by atoms with Crippen molar-refractivity contribution in [3.8, 4) is 5.69 Å². The Hall–Kier alpha value is -1.19. The summed E-state index contributed by atoms with van der Waals surface area (Å²) in [6.45, 7) is 0. The van der Waals surface area contributed by atoms with E-state index in [2.05, 4.69) is 5.10 Å². The molecule has 5 heteroatoms. The zero-order valence-corrected chi connectivity index (χ0v) is 8.63. The Morgan fingerprint density at radius 2 is 1.79 bits per heavy atom. The fourth-order valence-corrected chi connectivity index (χ4v) is 1.42. The highest BCUT2D eigenvalue weighted by molar-refractivity contribution is 6.32. The third kappa shape index (κ3) is 1.56. The SMILES string of the molecule is Nc1cnn(-c2ccc(Cl)cc2)c1Cl. The summed E-state index contributed by atoms with van der Waals surface area (Å²) in [6.07, 6.45) is 1.51. The van der Waals surface area contributed by atoms with Crippen LogP contribution in [0.3, 0.4) is 0 Å². The number of nitrogens with zero attached hydrogens (tertiary/aromatic N) is 2. The number of aromatic nitrogens is 2. The van der Waals surface area contributed by atoms with Crippen LogP contribution < -0.4 is 5.73 Å². The van der Waals surface area contributed by atoms with Gasteiger partial charge in [-0.25, -0.2) is 4.68 Å². The molecule has 0 atom stereocenters. The number of nitrogen functional groups attached to an aromatic ring is 1. The summed E-state index contributed by atoms with van der Waals surface area (Å²) in [5.74, 6) is 0. The molecule has 2 aromatic rings. The van der Waals surface area contributed by atoms with E-state index in [0.717, 1.165) is 5.69 Å². The Morgan fingerprint density at radius 1 is 1.14 bits per heavy atom. The van der Waals surface area contributed by atoms with Gasteiger partial charge >= 0.3 is 0 Å². The Labute approximate surface area is 91.0 Å². The molecule has 0 aliphatic heterocycles. The highest BCUT2D eigenvalue weighted by Gasteiger charge is 2.06. The van der Waals surface area contributed by atoms with Crippen molar-refractivity contribution in [3.63, 3.8) is 0 Å². The molecule has 0 saturated heterocycles. The summed E-state index contributed by atoms with van der Waals surface area (Å²) in [4.78, 5) is 0. The standard InChI is InChI=1S/C9H7Cl2N3/c10-6-1-3-7(4-2-6)14-9(11)8(12)5-13-14/h1-5H,12H2. The summed E-state index contributed by atoms with van der Waals surface area (Å²) < 4.78 is 1.55. The van der Waals surface area contributed by atoms with E-state index in [-0.39, 0.29) is 0 Å². The van der Waals surface area contributed by atoms with Crippen LogP contribution in [-0.2, 0) is 0 Å². The summed E-state index contributed by atoms with van der Waals surface area (Å²) in [6, 6.07) is 7.18. The lowest BCUT2D eigenvalue weighted by molar-refractivity contribution is 0.881. The molecule has 2 N–H and O–H groups in total. The molecule has 2 rings (SSSR count). The number of benzene rings is 1. The van der Waals surface area contributed by atoms with Crippen LogP contribution in [0.15, 0.2) is 30.5 Å². The maximum atomic E-state index is 5.93.